The van der Waals surface area contributed by atoms with E-state index in [2.05, 4.69) is 15.3 Å². The van der Waals surface area contributed by atoms with E-state index in [1.807, 2.05) is 49.3 Å². The van der Waals surface area contributed by atoms with Crippen LogP contribution in [0.3, 0.4) is 0 Å². The van der Waals surface area contributed by atoms with Crippen LogP contribution in [0.25, 0.3) is 0 Å². The number of aromatic nitrogens is 2. The summed E-state index contributed by atoms with van der Waals surface area (Å²) in [6.07, 6.45) is 0.692. The number of hydrogen-bond donors (Lipinski definition) is 2. The highest BCUT2D eigenvalue weighted by Gasteiger charge is 2.25. The van der Waals surface area contributed by atoms with Crippen LogP contribution in [0.5, 0.6) is 0 Å². The Morgan fingerprint density at radius 3 is 2.65 bits per heavy atom. The first-order chi connectivity index (χ1) is 12.5. The van der Waals surface area contributed by atoms with Crippen molar-refractivity contribution in [1.29, 1.82) is 0 Å². The fraction of sp³-hybridized carbons (Fsp3) is 0.421. The van der Waals surface area contributed by atoms with Crippen molar-refractivity contribution in [2.24, 2.45) is 0 Å². The lowest BCUT2D eigenvalue weighted by atomic mass is 10.0. The van der Waals surface area contributed by atoms with Gasteiger partial charge < -0.3 is 20.2 Å². The van der Waals surface area contributed by atoms with Crippen LogP contribution in [0.1, 0.15) is 29.8 Å². The molecular formula is C19H25N5O2. The summed E-state index contributed by atoms with van der Waals surface area (Å²) in [6, 6.07) is 9.55. The van der Waals surface area contributed by atoms with Crippen LogP contribution < -0.4 is 10.2 Å². The average molecular weight is 355 g/mol. The van der Waals surface area contributed by atoms with Gasteiger partial charge in [0.25, 0.3) is 0 Å². The van der Waals surface area contributed by atoms with E-state index in [9.17, 15) is 9.90 Å². The number of nitrogens with one attached hydrogen (secondary N) is 1. The average Bonchev–Trinajstić information content (AvgIpc) is 2.65. The van der Waals surface area contributed by atoms with Gasteiger partial charge >= 0.3 is 0 Å². The summed E-state index contributed by atoms with van der Waals surface area (Å²) in [4.78, 5) is 24.7. The molecule has 26 heavy (non-hydrogen) atoms. The SMILES string of the molecule is CC(=O)N1CCc2c(nc(N(C)C)nc2N[C@@H](CO)c2ccccc2)C1. The van der Waals surface area contributed by atoms with E-state index in [0.29, 0.717) is 25.5 Å². The number of nitrogens with zero attached hydrogens (tertiary/aromatic N) is 4. The van der Waals surface area contributed by atoms with Crippen LogP contribution in [-0.4, -0.2) is 53.1 Å². The van der Waals surface area contributed by atoms with Gasteiger partial charge in [-0.05, 0) is 12.0 Å². The maximum atomic E-state index is 11.7. The van der Waals surface area contributed by atoms with Gasteiger partial charge in [-0.3, -0.25) is 4.79 Å². The molecule has 1 aromatic carbocycles. The number of anilines is 2. The summed E-state index contributed by atoms with van der Waals surface area (Å²) in [7, 11) is 3.77. The molecule has 0 saturated heterocycles. The lowest BCUT2D eigenvalue weighted by Crippen LogP contribution is -2.36. The number of carbonyl (C=O) groups excluding carboxylic acids is 1. The van der Waals surface area contributed by atoms with E-state index < -0.39 is 0 Å². The molecule has 2 aromatic rings. The highest BCUT2D eigenvalue weighted by molar-refractivity contribution is 5.73. The van der Waals surface area contributed by atoms with Crippen LogP contribution in [0, 0.1) is 0 Å². The molecule has 2 N–H and O–H groups in total. The van der Waals surface area contributed by atoms with Gasteiger partial charge in [0.05, 0.1) is 24.9 Å². The van der Waals surface area contributed by atoms with E-state index in [1.165, 1.54) is 0 Å². The molecule has 1 aliphatic rings. The minimum atomic E-state index is -0.254. The third-order valence-electron chi connectivity index (χ3n) is 4.59. The minimum Gasteiger partial charge on any atom is -0.394 e. The highest BCUT2D eigenvalue weighted by atomic mass is 16.3. The molecule has 1 amide bonds. The van der Waals surface area contributed by atoms with Gasteiger partial charge in [-0.1, -0.05) is 30.3 Å². The number of aliphatic hydroxyl groups is 1. The number of hydrogen-bond acceptors (Lipinski definition) is 6. The Hall–Kier alpha value is -2.67. The molecule has 0 radical (unpaired) electrons. The Balaban J connectivity index is 1.97. The van der Waals surface area contributed by atoms with Crippen LogP contribution in [0.2, 0.25) is 0 Å². The second-order valence-electron chi connectivity index (χ2n) is 6.67. The number of benzene rings is 1. The van der Waals surface area contributed by atoms with Crippen molar-refractivity contribution in [3.05, 3.63) is 47.2 Å². The maximum absolute atomic E-state index is 11.7. The first-order valence-electron chi connectivity index (χ1n) is 8.74. The number of fused-ring (bicyclic) bond motifs is 1. The second-order valence-corrected chi connectivity index (χ2v) is 6.67. The number of aliphatic hydroxyl groups excluding tert-OH is 1. The van der Waals surface area contributed by atoms with Gasteiger partial charge in [0, 0.05) is 33.1 Å². The smallest absolute Gasteiger partial charge is 0.227 e. The predicted molar refractivity (Wildman–Crippen MR) is 101 cm³/mol. The van der Waals surface area contributed by atoms with Crippen LogP contribution in [0.15, 0.2) is 30.3 Å². The van der Waals surface area contributed by atoms with E-state index in [4.69, 9.17) is 0 Å². The van der Waals surface area contributed by atoms with Gasteiger partial charge in [-0.15, -0.1) is 0 Å². The minimum absolute atomic E-state index is 0.0420. The van der Waals surface area contributed by atoms with E-state index in [0.717, 1.165) is 22.6 Å². The molecule has 7 nitrogen and oxygen atoms in total. The Labute approximate surface area is 153 Å². The molecule has 0 bridgehead atoms. The molecule has 0 aliphatic carbocycles. The number of carbonyl (C=O) groups is 1. The number of amides is 1. The normalized spacial score (nSPS) is 14.5. The molecule has 0 saturated carbocycles. The van der Waals surface area contributed by atoms with Gasteiger partial charge in [-0.25, -0.2) is 4.98 Å². The first kappa shape index (κ1) is 18.1. The predicted octanol–water partition coefficient (Wildman–Crippen LogP) is 1.59. The molecular weight excluding hydrogens is 330 g/mol. The van der Waals surface area contributed by atoms with Crippen molar-refractivity contribution in [3.63, 3.8) is 0 Å². The lowest BCUT2D eigenvalue weighted by Gasteiger charge is -2.30. The van der Waals surface area contributed by atoms with Crippen molar-refractivity contribution in [1.82, 2.24) is 14.9 Å². The zero-order chi connectivity index (χ0) is 18.7. The molecule has 0 unspecified atom stereocenters. The zero-order valence-electron chi connectivity index (χ0n) is 15.4. The van der Waals surface area contributed by atoms with Crippen molar-refractivity contribution < 1.29 is 9.90 Å². The molecule has 1 atom stereocenters. The van der Waals surface area contributed by atoms with E-state index in [-0.39, 0.29) is 18.6 Å². The molecule has 0 spiro atoms. The summed E-state index contributed by atoms with van der Waals surface area (Å²) in [5.74, 6) is 1.36. The molecule has 7 heteroatoms. The van der Waals surface area contributed by atoms with Crippen molar-refractivity contribution in [3.8, 4) is 0 Å². The monoisotopic (exact) mass is 355 g/mol. The molecule has 2 heterocycles. The van der Waals surface area contributed by atoms with Crippen LogP contribution >= 0.6 is 0 Å². The Morgan fingerprint density at radius 2 is 2.04 bits per heavy atom. The third kappa shape index (κ3) is 3.77. The second kappa shape index (κ2) is 7.70. The largest absolute Gasteiger partial charge is 0.394 e. The van der Waals surface area contributed by atoms with E-state index >= 15 is 0 Å². The summed E-state index contributed by atoms with van der Waals surface area (Å²) in [5.41, 5.74) is 2.87. The van der Waals surface area contributed by atoms with Crippen molar-refractivity contribution in [2.75, 3.05) is 37.5 Å². The fourth-order valence-corrected chi connectivity index (χ4v) is 3.09. The highest BCUT2D eigenvalue weighted by Crippen LogP contribution is 2.28. The maximum Gasteiger partial charge on any atom is 0.227 e. The summed E-state index contributed by atoms with van der Waals surface area (Å²) < 4.78 is 0. The van der Waals surface area contributed by atoms with Gasteiger partial charge in [0.1, 0.15) is 5.82 Å². The number of rotatable bonds is 5. The molecule has 1 aliphatic heterocycles. The standard InChI is InChI=1S/C19H25N5O2/c1-13(26)24-10-9-15-16(11-24)21-19(23(2)3)22-18(15)20-17(12-25)14-7-5-4-6-8-14/h4-8,17,25H,9-12H2,1-3H3,(H,20,21,22)/t17-/m0/s1. The van der Waals surface area contributed by atoms with Crippen molar-refractivity contribution in [2.45, 2.75) is 25.9 Å². The first-order valence-corrected chi connectivity index (χ1v) is 8.74. The molecule has 3 rings (SSSR count). The Kier molecular flexibility index (Phi) is 5.37. The van der Waals surface area contributed by atoms with Gasteiger partial charge in [0.15, 0.2) is 0 Å². The molecule has 0 fully saturated rings. The Morgan fingerprint density at radius 1 is 1.31 bits per heavy atom. The van der Waals surface area contributed by atoms with Crippen LogP contribution in [-0.2, 0) is 17.8 Å². The zero-order valence-corrected chi connectivity index (χ0v) is 15.4. The topological polar surface area (TPSA) is 81.6 Å². The Bertz CT molecular complexity index is 779. The fourth-order valence-electron chi connectivity index (χ4n) is 3.09. The van der Waals surface area contributed by atoms with Gasteiger partial charge in [-0.2, -0.15) is 4.98 Å². The van der Waals surface area contributed by atoms with Crippen molar-refractivity contribution >= 4 is 17.7 Å². The van der Waals surface area contributed by atoms with Crippen LogP contribution in [0.4, 0.5) is 11.8 Å². The lowest BCUT2D eigenvalue weighted by molar-refractivity contribution is -0.129. The third-order valence-corrected chi connectivity index (χ3v) is 4.59. The summed E-state index contributed by atoms with van der Waals surface area (Å²) in [5, 5.41) is 13.3. The molecule has 1 aromatic heterocycles. The summed E-state index contributed by atoms with van der Waals surface area (Å²) >= 11 is 0. The summed E-state index contributed by atoms with van der Waals surface area (Å²) in [6.45, 7) is 2.67. The molecule has 138 valence electrons. The van der Waals surface area contributed by atoms with Gasteiger partial charge in [0.2, 0.25) is 11.9 Å². The van der Waals surface area contributed by atoms with E-state index in [1.54, 1.807) is 11.8 Å². The quantitative estimate of drug-likeness (QED) is 0.848.